The Balaban J connectivity index is 0.000000269. The molecule has 0 spiro atoms. The third kappa shape index (κ3) is 10.8. The molecule has 2 aromatic carbocycles. The molecule has 1 heterocycles. The first kappa shape index (κ1) is 28.7. The van der Waals surface area contributed by atoms with E-state index in [2.05, 4.69) is 11.2 Å². The monoisotopic (exact) mass is 492 g/mol. The number of ether oxygens (including phenoxy) is 2. The zero-order chi connectivity index (χ0) is 26.3. The molecule has 7 heteroatoms. The molecule has 0 saturated heterocycles. The predicted molar refractivity (Wildman–Crippen MR) is 140 cm³/mol. The Labute approximate surface area is 213 Å². The van der Waals surface area contributed by atoms with Crippen molar-refractivity contribution in [3.05, 3.63) is 99.0 Å². The van der Waals surface area contributed by atoms with Crippen molar-refractivity contribution in [2.24, 2.45) is 0 Å². The van der Waals surface area contributed by atoms with Crippen LogP contribution in [0.1, 0.15) is 47.7 Å². The van der Waals surface area contributed by atoms with Crippen LogP contribution >= 0.6 is 0 Å². The van der Waals surface area contributed by atoms with Crippen LogP contribution in [0.15, 0.2) is 65.5 Å². The minimum absolute atomic E-state index is 0.142. The molecule has 0 bridgehead atoms. The van der Waals surface area contributed by atoms with Crippen molar-refractivity contribution in [1.29, 1.82) is 0 Å². The minimum atomic E-state index is -0.250. The van der Waals surface area contributed by atoms with Gasteiger partial charge in [0.05, 0.1) is 25.3 Å². The number of esters is 1. The first-order chi connectivity index (χ1) is 17.3. The smallest absolute Gasteiger partial charge is 0.310 e. The topological polar surface area (TPSA) is 87.5 Å². The molecule has 0 aliphatic rings. The summed E-state index contributed by atoms with van der Waals surface area (Å²) in [6.07, 6.45) is 2.21. The van der Waals surface area contributed by atoms with Gasteiger partial charge < -0.3 is 9.47 Å². The molecule has 3 aromatic rings. The van der Waals surface area contributed by atoms with E-state index >= 15 is 0 Å². The highest BCUT2D eigenvalue weighted by Crippen LogP contribution is 2.08. The average molecular weight is 493 g/mol. The zero-order valence-corrected chi connectivity index (χ0v) is 21.7. The standard InChI is InChI=1S/C16H18N2O3.C13H18O2/c1-3-21-16(20)10-13-5-4-6-14(9-13)11-18-15(19)8-7-12(2)17-18;1-11-5-3-6-12(9-11)10-13(14)7-4-8-15-2/h4-9H,3,10-11H2,1-2H3;3,5-6,9H,4,7-8,10H2,1-2H3. The largest absolute Gasteiger partial charge is 0.466 e. The van der Waals surface area contributed by atoms with E-state index < -0.39 is 0 Å². The number of methoxy groups -OCH3 is 1. The summed E-state index contributed by atoms with van der Waals surface area (Å²) < 4.78 is 11.3. The summed E-state index contributed by atoms with van der Waals surface area (Å²) in [4.78, 5) is 34.8. The van der Waals surface area contributed by atoms with Crippen molar-refractivity contribution in [3.63, 3.8) is 0 Å². The van der Waals surface area contributed by atoms with Gasteiger partial charge in [-0.15, -0.1) is 0 Å². The summed E-state index contributed by atoms with van der Waals surface area (Å²) in [6.45, 7) is 7.09. The van der Waals surface area contributed by atoms with E-state index in [9.17, 15) is 14.4 Å². The molecule has 0 aliphatic heterocycles. The van der Waals surface area contributed by atoms with Crippen LogP contribution in [0, 0.1) is 13.8 Å². The molecule has 0 amide bonds. The van der Waals surface area contributed by atoms with Gasteiger partial charge >= 0.3 is 5.97 Å². The van der Waals surface area contributed by atoms with Crippen molar-refractivity contribution in [1.82, 2.24) is 9.78 Å². The van der Waals surface area contributed by atoms with Crippen molar-refractivity contribution < 1.29 is 19.1 Å². The molecule has 3 rings (SSSR count). The van der Waals surface area contributed by atoms with Gasteiger partial charge in [0.25, 0.3) is 5.56 Å². The second kappa shape index (κ2) is 15.4. The van der Waals surface area contributed by atoms with Crippen LogP contribution in [-0.2, 0) is 38.4 Å². The second-order valence-electron chi connectivity index (χ2n) is 8.57. The fraction of sp³-hybridized carbons (Fsp3) is 0.379. The zero-order valence-electron chi connectivity index (χ0n) is 21.7. The predicted octanol–water partition coefficient (Wildman–Crippen LogP) is 4.24. The summed E-state index contributed by atoms with van der Waals surface area (Å²) >= 11 is 0. The summed E-state index contributed by atoms with van der Waals surface area (Å²) in [7, 11) is 1.66. The molecule has 36 heavy (non-hydrogen) atoms. The molecule has 0 aliphatic carbocycles. The third-order valence-electron chi connectivity index (χ3n) is 5.27. The molecule has 0 unspecified atom stereocenters. The van der Waals surface area contributed by atoms with Crippen LogP contribution in [0.2, 0.25) is 0 Å². The lowest BCUT2D eigenvalue weighted by molar-refractivity contribution is -0.142. The van der Waals surface area contributed by atoms with Gasteiger partial charge in [-0.05, 0) is 49.9 Å². The number of ketones is 1. The molecule has 0 atom stereocenters. The van der Waals surface area contributed by atoms with Gasteiger partial charge in [0.2, 0.25) is 0 Å². The summed E-state index contributed by atoms with van der Waals surface area (Å²) in [5.74, 6) is 0.0400. The van der Waals surface area contributed by atoms with Crippen LogP contribution in [0.4, 0.5) is 0 Å². The number of carbonyl (C=O) groups excluding carboxylic acids is 2. The lowest BCUT2D eigenvalue weighted by atomic mass is 10.0. The van der Waals surface area contributed by atoms with Crippen molar-refractivity contribution >= 4 is 11.8 Å². The first-order valence-electron chi connectivity index (χ1n) is 12.1. The summed E-state index contributed by atoms with van der Waals surface area (Å²) in [5.41, 5.74) is 4.76. The lowest BCUT2D eigenvalue weighted by Crippen LogP contribution is -2.23. The summed E-state index contributed by atoms with van der Waals surface area (Å²) in [6, 6.07) is 18.8. The van der Waals surface area contributed by atoms with Crippen molar-refractivity contribution in [2.75, 3.05) is 20.3 Å². The molecular weight excluding hydrogens is 456 g/mol. The number of hydrogen-bond donors (Lipinski definition) is 0. The number of hydrogen-bond acceptors (Lipinski definition) is 6. The first-order valence-corrected chi connectivity index (χ1v) is 12.1. The second-order valence-corrected chi connectivity index (χ2v) is 8.57. The summed E-state index contributed by atoms with van der Waals surface area (Å²) in [5, 5.41) is 4.20. The van der Waals surface area contributed by atoms with E-state index in [-0.39, 0.29) is 23.7 Å². The SMILES string of the molecule is CCOC(=O)Cc1cccc(Cn2nc(C)ccc2=O)c1.COCCCC(=O)Cc1cccc(C)c1. The van der Waals surface area contributed by atoms with Crippen molar-refractivity contribution in [2.45, 2.75) is 53.0 Å². The maximum atomic E-state index is 11.7. The van der Waals surface area contributed by atoms with Crippen LogP contribution in [0.5, 0.6) is 0 Å². The fourth-order valence-electron chi connectivity index (χ4n) is 3.61. The Kier molecular flexibility index (Phi) is 12.3. The number of aromatic nitrogens is 2. The van der Waals surface area contributed by atoms with Gasteiger partial charge in [-0.3, -0.25) is 14.4 Å². The van der Waals surface area contributed by atoms with Gasteiger partial charge in [0, 0.05) is 32.6 Å². The Morgan fingerprint density at radius 2 is 1.61 bits per heavy atom. The van der Waals surface area contributed by atoms with E-state index in [4.69, 9.17) is 9.47 Å². The maximum Gasteiger partial charge on any atom is 0.310 e. The Morgan fingerprint density at radius 1 is 0.917 bits per heavy atom. The molecule has 7 nitrogen and oxygen atoms in total. The number of benzene rings is 2. The molecule has 0 N–H and O–H groups in total. The number of Topliss-reactive ketones (excluding diaryl/α,β-unsaturated/α-hetero) is 1. The molecule has 0 radical (unpaired) electrons. The van der Waals surface area contributed by atoms with Crippen LogP contribution in [0.3, 0.4) is 0 Å². The Morgan fingerprint density at radius 3 is 2.31 bits per heavy atom. The van der Waals surface area contributed by atoms with E-state index in [1.807, 2.05) is 56.3 Å². The number of rotatable bonds is 11. The molecule has 0 fully saturated rings. The van der Waals surface area contributed by atoms with Crippen LogP contribution in [-0.4, -0.2) is 41.9 Å². The van der Waals surface area contributed by atoms with Crippen LogP contribution in [0.25, 0.3) is 0 Å². The average Bonchev–Trinajstić information content (AvgIpc) is 2.82. The highest BCUT2D eigenvalue weighted by Gasteiger charge is 2.06. The van der Waals surface area contributed by atoms with Gasteiger partial charge in [-0.2, -0.15) is 5.10 Å². The normalized spacial score (nSPS) is 10.3. The maximum absolute atomic E-state index is 11.7. The Bertz CT molecular complexity index is 1190. The van der Waals surface area contributed by atoms with Crippen molar-refractivity contribution in [3.8, 4) is 0 Å². The Hall–Kier alpha value is -3.58. The van der Waals surface area contributed by atoms with E-state index in [1.54, 1.807) is 20.1 Å². The van der Waals surface area contributed by atoms with Gasteiger partial charge in [0.15, 0.2) is 0 Å². The molecule has 0 saturated carbocycles. The highest BCUT2D eigenvalue weighted by atomic mass is 16.5. The highest BCUT2D eigenvalue weighted by molar-refractivity contribution is 5.80. The number of aryl methyl sites for hydroxylation is 2. The number of carbonyl (C=O) groups is 2. The lowest BCUT2D eigenvalue weighted by Gasteiger charge is -2.07. The van der Waals surface area contributed by atoms with E-state index in [1.165, 1.54) is 16.3 Å². The fourth-order valence-corrected chi connectivity index (χ4v) is 3.61. The molecule has 1 aromatic heterocycles. The quantitative estimate of drug-likeness (QED) is 0.294. The van der Waals surface area contributed by atoms with Crippen LogP contribution < -0.4 is 5.56 Å². The van der Waals surface area contributed by atoms with E-state index in [0.29, 0.717) is 32.6 Å². The van der Waals surface area contributed by atoms with Gasteiger partial charge in [0.1, 0.15) is 5.78 Å². The number of nitrogens with zero attached hydrogens (tertiary/aromatic N) is 2. The third-order valence-corrected chi connectivity index (χ3v) is 5.27. The van der Waals surface area contributed by atoms with E-state index in [0.717, 1.165) is 28.8 Å². The van der Waals surface area contributed by atoms with Gasteiger partial charge in [-0.1, -0.05) is 54.1 Å². The van der Waals surface area contributed by atoms with Gasteiger partial charge in [-0.25, -0.2) is 4.68 Å². The minimum Gasteiger partial charge on any atom is -0.466 e. The molecule has 192 valence electrons. The molecular formula is C29H36N2O5.